The number of esters is 1. The highest BCUT2D eigenvalue weighted by molar-refractivity contribution is 5.73. The second-order valence-corrected chi connectivity index (χ2v) is 6.68. The van der Waals surface area contributed by atoms with Gasteiger partial charge in [0.15, 0.2) is 0 Å². The molecule has 2 aromatic rings. The van der Waals surface area contributed by atoms with Crippen LogP contribution in [0.1, 0.15) is 57.4 Å². The van der Waals surface area contributed by atoms with Crippen LogP contribution >= 0.6 is 0 Å². The van der Waals surface area contributed by atoms with Gasteiger partial charge in [-0.1, -0.05) is 39.0 Å². The molecule has 154 valence electrons. The molecule has 0 atom stereocenters. The number of unbranched alkanes of at least 4 members (excludes halogenated alkanes) is 5. The van der Waals surface area contributed by atoms with Crippen LogP contribution in [0.3, 0.4) is 0 Å². The molecule has 0 amide bonds. The van der Waals surface area contributed by atoms with E-state index < -0.39 is 45.9 Å². The summed E-state index contributed by atoms with van der Waals surface area (Å²) in [6.07, 6.45) is 5.99. The second kappa shape index (κ2) is 10.6. The zero-order valence-electron chi connectivity index (χ0n) is 16.0. The summed E-state index contributed by atoms with van der Waals surface area (Å²) in [5.41, 5.74) is -1.92. The first-order valence-corrected chi connectivity index (χ1v) is 9.46. The number of carbonyl (C=O) groups is 1. The van der Waals surface area contributed by atoms with E-state index in [0.717, 1.165) is 44.2 Å². The molecule has 2 aromatic carbocycles. The van der Waals surface area contributed by atoms with Crippen molar-refractivity contribution in [1.29, 1.82) is 5.26 Å². The minimum absolute atomic E-state index is 0.128. The van der Waals surface area contributed by atoms with Crippen LogP contribution in [0.4, 0.5) is 17.6 Å². The normalized spacial score (nSPS) is 10.6. The first-order valence-electron chi connectivity index (χ1n) is 9.46. The van der Waals surface area contributed by atoms with Crippen LogP contribution in [0.15, 0.2) is 24.3 Å². The lowest BCUT2D eigenvalue weighted by atomic mass is 10.0. The minimum Gasteiger partial charge on any atom is -0.426 e. The summed E-state index contributed by atoms with van der Waals surface area (Å²) in [7, 11) is 0. The first kappa shape index (κ1) is 22.4. The molecule has 0 saturated carbocycles. The third kappa shape index (κ3) is 6.05. The molecular formula is C22H21F4NO2. The Morgan fingerprint density at radius 1 is 0.897 bits per heavy atom. The number of hydrogen-bond donors (Lipinski definition) is 0. The van der Waals surface area contributed by atoms with Crippen molar-refractivity contribution in [3.8, 4) is 22.9 Å². The van der Waals surface area contributed by atoms with E-state index in [1.54, 1.807) is 0 Å². The molecule has 29 heavy (non-hydrogen) atoms. The number of nitrogens with zero attached hydrogens (tertiary/aromatic N) is 1. The van der Waals surface area contributed by atoms with Crippen molar-refractivity contribution in [2.24, 2.45) is 0 Å². The number of ether oxygens (including phenoxy) is 1. The predicted octanol–water partition coefficient (Wildman–Crippen LogP) is 6.44. The van der Waals surface area contributed by atoms with E-state index in [1.807, 2.05) is 0 Å². The van der Waals surface area contributed by atoms with E-state index >= 15 is 0 Å². The largest absolute Gasteiger partial charge is 0.426 e. The van der Waals surface area contributed by atoms with Gasteiger partial charge in [-0.2, -0.15) is 5.26 Å². The van der Waals surface area contributed by atoms with E-state index in [-0.39, 0.29) is 12.2 Å². The van der Waals surface area contributed by atoms with Gasteiger partial charge < -0.3 is 4.74 Å². The maximum atomic E-state index is 14.4. The fourth-order valence-corrected chi connectivity index (χ4v) is 2.94. The minimum atomic E-state index is -1.23. The molecule has 0 N–H and O–H groups in total. The van der Waals surface area contributed by atoms with Gasteiger partial charge in [-0.05, 0) is 24.1 Å². The standard InChI is InChI=1S/C22H21F4NO2/c1-2-3-4-5-6-7-8-21(28)29-15-11-19(25)22(20(26)12-15)14-9-17(23)16(13-27)18(24)10-14/h9-12H,2-8H2,1H3. The summed E-state index contributed by atoms with van der Waals surface area (Å²) in [5.74, 6) is -5.67. The van der Waals surface area contributed by atoms with E-state index in [9.17, 15) is 22.4 Å². The Morgan fingerprint density at radius 3 is 2.00 bits per heavy atom. The Bertz CT molecular complexity index is 876. The summed E-state index contributed by atoms with van der Waals surface area (Å²) >= 11 is 0. The molecule has 0 aliphatic rings. The van der Waals surface area contributed by atoms with Gasteiger partial charge in [-0.15, -0.1) is 0 Å². The average molecular weight is 407 g/mol. The van der Waals surface area contributed by atoms with Crippen molar-refractivity contribution < 1.29 is 27.1 Å². The van der Waals surface area contributed by atoms with E-state index in [1.165, 1.54) is 6.07 Å². The highest BCUT2D eigenvalue weighted by atomic mass is 19.1. The maximum Gasteiger partial charge on any atom is 0.311 e. The van der Waals surface area contributed by atoms with Gasteiger partial charge in [0, 0.05) is 18.6 Å². The fourth-order valence-electron chi connectivity index (χ4n) is 2.94. The molecule has 0 unspecified atom stereocenters. The van der Waals surface area contributed by atoms with Crippen LogP contribution in [0.5, 0.6) is 5.75 Å². The molecule has 7 heteroatoms. The average Bonchev–Trinajstić information content (AvgIpc) is 2.64. The summed E-state index contributed by atoms with van der Waals surface area (Å²) < 4.78 is 61.2. The van der Waals surface area contributed by atoms with Gasteiger partial charge in [0.1, 0.15) is 40.7 Å². The van der Waals surface area contributed by atoms with E-state index in [0.29, 0.717) is 18.6 Å². The monoisotopic (exact) mass is 407 g/mol. The van der Waals surface area contributed by atoms with Gasteiger partial charge in [-0.3, -0.25) is 4.79 Å². The molecule has 0 spiro atoms. The number of benzene rings is 2. The molecule has 0 radical (unpaired) electrons. The first-order chi connectivity index (χ1) is 13.9. The summed E-state index contributed by atoms with van der Waals surface area (Å²) in [5, 5.41) is 8.68. The Kier molecular flexibility index (Phi) is 8.20. The maximum absolute atomic E-state index is 14.4. The molecule has 2 rings (SSSR count). The number of nitriles is 1. The number of halogens is 4. The molecule has 0 fully saturated rings. The molecule has 0 saturated heterocycles. The molecular weight excluding hydrogens is 386 g/mol. The highest BCUT2D eigenvalue weighted by Crippen LogP contribution is 2.32. The Hall–Kier alpha value is -2.88. The Morgan fingerprint density at radius 2 is 1.45 bits per heavy atom. The van der Waals surface area contributed by atoms with E-state index in [2.05, 4.69) is 6.92 Å². The lowest BCUT2D eigenvalue weighted by Gasteiger charge is -2.10. The van der Waals surface area contributed by atoms with Crippen molar-refractivity contribution in [2.75, 3.05) is 0 Å². The van der Waals surface area contributed by atoms with Crippen LogP contribution in [-0.2, 0) is 4.79 Å². The third-order valence-electron chi connectivity index (χ3n) is 4.42. The van der Waals surface area contributed by atoms with Crippen molar-refractivity contribution in [2.45, 2.75) is 51.9 Å². The highest BCUT2D eigenvalue weighted by Gasteiger charge is 2.19. The van der Waals surface area contributed by atoms with Gasteiger partial charge >= 0.3 is 5.97 Å². The topological polar surface area (TPSA) is 50.1 Å². The van der Waals surface area contributed by atoms with Crippen LogP contribution in [-0.4, -0.2) is 5.97 Å². The third-order valence-corrected chi connectivity index (χ3v) is 4.42. The Balaban J connectivity index is 2.08. The fraction of sp³-hybridized carbons (Fsp3) is 0.364. The van der Waals surface area contributed by atoms with Gasteiger partial charge in [0.25, 0.3) is 0 Å². The molecule has 3 nitrogen and oxygen atoms in total. The van der Waals surface area contributed by atoms with Gasteiger partial charge in [0.05, 0.1) is 5.56 Å². The number of hydrogen-bond acceptors (Lipinski definition) is 3. The molecule has 0 aromatic heterocycles. The second-order valence-electron chi connectivity index (χ2n) is 6.68. The summed E-state index contributed by atoms with van der Waals surface area (Å²) in [6, 6.07) is 4.25. The Labute approximate surface area is 166 Å². The molecule has 0 aliphatic carbocycles. The van der Waals surface area contributed by atoms with Crippen molar-refractivity contribution in [3.05, 3.63) is 53.1 Å². The summed E-state index contributed by atoms with van der Waals surface area (Å²) in [4.78, 5) is 11.8. The van der Waals surface area contributed by atoms with Crippen molar-refractivity contribution in [3.63, 3.8) is 0 Å². The van der Waals surface area contributed by atoms with Crippen LogP contribution in [0, 0.1) is 34.6 Å². The van der Waals surface area contributed by atoms with E-state index in [4.69, 9.17) is 10.00 Å². The molecule has 0 bridgehead atoms. The zero-order chi connectivity index (χ0) is 21.4. The van der Waals surface area contributed by atoms with Gasteiger partial charge in [-0.25, -0.2) is 17.6 Å². The SMILES string of the molecule is CCCCCCCCC(=O)Oc1cc(F)c(-c2cc(F)c(C#N)c(F)c2)c(F)c1. The number of rotatable bonds is 9. The van der Waals surface area contributed by atoms with Crippen molar-refractivity contribution in [1.82, 2.24) is 0 Å². The van der Waals surface area contributed by atoms with Crippen LogP contribution in [0.2, 0.25) is 0 Å². The van der Waals surface area contributed by atoms with Crippen LogP contribution < -0.4 is 4.74 Å². The predicted molar refractivity (Wildman–Crippen MR) is 100 cm³/mol. The molecule has 0 heterocycles. The lowest BCUT2D eigenvalue weighted by molar-refractivity contribution is -0.134. The van der Waals surface area contributed by atoms with Crippen molar-refractivity contribution >= 4 is 5.97 Å². The van der Waals surface area contributed by atoms with Crippen LogP contribution in [0.25, 0.3) is 11.1 Å². The number of carbonyl (C=O) groups excluding carboxylic acids is 1. The lowest BCUT2D eigenvalue weighted by Crippen LogP contribution is -2.08. The summed E-state index contributed by atoms with van der Waals surface area (Å²) in [6.45, 7) is 2.11. The smallest absolute Gasteiger partial charge is 0.311 e. The zero-order valence-corrected chi connectivity index (χ0v) is 16.0. The quantitative estimate of drug-likeness (QED) is 0.208. The molecule has 0 aliphatic heterocycles. The van der Waals surface area contributed by atoms with Gasteiger partial charge in [0.2, 0.25) is 0 Å².